The van der Waals surface area contributed by atoms with Gasteiger partial charge in [-0.1, -0.05) is 6.07 Å². The zero-order chi connectivity index (χ0) is 9.84. The second-order valence-corrected chi connectivity index (χ2v) is 3.21. The fraction of sp³-hybridized carbons (Fsp3) is 0.111. The largest absolute Gasteiger partial charge is 0.465 e. The van der Waals surface area contributed by atoms with Crippen molar-refractivity contribution in [1.82, 2.24) is 0 Å². The number of aliphatic hydroxyl groups excluding tert-OH is 1. The molecule has 1 rings (SSSR count). The molecule has 4 heteroatoms. The topological polar surface area (TPSA) is 46.5 Å². The molecule has 1 N–H and O–H groups in total. The highest BCUT2D eigenvalue weighted by molar-refractivity contribution is 9.10. The molecule has 0 aromatic heterocycles. The molecular formula is C9H8BrO3. The fourth-order valence-electron chi connectivity index (χ4n) is 0.887. The van der Waals surface area contributed by atoms with Crippen LogP contribution in [0.5, 0.6) is 0 Å². The molecule has 1 aromatic carbocycles. The Hall–Kier alpha value is -0.870. The Kier molecular flexibility index (Phi) is 3.45. The van der Waals surface area contributed by atoms with Gasteiger partial charge in [-0.15, -0.1) is 0 Å². The van der Waals surface area contributed by atoms with Gasteiger partial charge in [-0.3, -0.25) is 0 Å². The molecule has 0 fully saturated rings. The minimum atomic E-state index is -0.406. The Bertz CT molecular complexity index is 323. The number of hydrogen-bond donors (Lipinski definition) is 1. The molecule has 3 nitrogen and oxygen atoms in total. The van der Waals surface area contributed by atoms with Gasteiger partial charge in [-0.25, -0.2) is 4.79 Å². The van der Waals surface area contributed by atoms with E-state index in [1.54, 1.807) is 18.2 Å². The zero-order valence-electron chi connectivity index (χ0n) is 6.95. The minimum absolute atomic E-state index is 0.406. The third-order valence-corrected chi connectivity index (χ3v) is 2.20. The summed E-state index contributed by atoms with van der Waals surface area (Å²) >= 11 is 3.20. The second-order valence-electron chi connectivity index (χ2n) is 2.36. The Morgan fingerprint density at radius 2 is 2.31 bits per heavy atom. The lowest BCUT2D eigenvalue weighted by Gasteiger charge is -2.03. The van der Waals surface area contributed by atoms with Crippen LogP contribution in [0.3, 0.4) is 0 Å². The summed E-state index contributed by atoms with van der Waals surface area (Å²) in [6, 6.07) is 4.83. The van der Waals surface area contributed by atoms with Gasteiger partial charge in [0.15, 0.2) is 0 Å². The Morgan fingerprint density at radius 3 is 2.77 bits per heavy atom. The maximum atomic E-state index is 11.1. The first-order valence-electron chi connectivity index (χ1n) is 3.54. The van der Waals surface area contributed by atoms with Gasteiger partial charge >= 0.3 is 5.97 Å². The van der Waals surface area contributed by atoms with Gasteiger partial charge in [0, 0.05) is 4.47 Å². The van der Waals surface area contributed by atoms with Crippen LogP contribution in [-0.4, -0.2) is 18.2 Å². The summed E-state index contributed by atoms with van der Waals surface area (Å²) in [6.45, 7) is 0.964. The third-order valence-electron chi connectivity index (χ3n) is 1.55. The summed E-state index contributed by atoms with van der Waals surface area (Å²) < 4.78 is 5.15. The minimum Gasteiger partial charge on any atom is -0.465 e. The molecule has 0 saturated heterocycles. The van der Waals surface area contributed by atoms with Crippen LogP contribution in [0.25, 0.3) is 0 Å². The molecule has 0 amide bonds. The lowest BCUT2D eigenvalue weighted by atomic mass is 10.1. The van der Waals surface area contributed by atoms with Gasteiger partial charge < -0.3 is 9.84 Å². The summed E-state index contributed by atoms with van der Waals surface area (Å²) in [7, 11) is 1.32. The zero-order valence-corrected chi connectivity index (χ0v) is 8.54. The van der Waals surface area contributed by atoms with Crippen molar-refractivity contribution in [2.24, 2.45) is 0 Å². The van der Waals surface area contributed by atoms with E-state index >= 15 is 0 Å². The molecule has 0 spiro atoms. The van der Waals surface area contributed by atoms with Crippen molar-refractivity contribution in [3.8, 4) is 0 Å². The molecule has 0 unspecified atom stereocenters. The SMILES string of the molecule is COC(=O)c1ccc([CH]O)cc1Br. The van der Waals surface area contributed by atoms with Crippen molar-refractivity contribution in [3.63, 3.8) is 0 Å². The van der Waals surface area contributed by atoms with Crippen LogP contribution in [0.1, 0.15) is 15.9 Å². The number of aliphatic hydroxyl groups is 1. The molecule has 0 atom stereocenters. The quantitative estimate of drug-likeness (QED) is 0.810. The number of halogens is 1. The van der Waals surface area contributed by atoms with E-state index < -0.39 is 5.97 Å². The van der Waals surface area contributed by atoms with E-state index in [2.05, 4.69) is 20.7 Å². The lowest BCUT2D eigenvalue weighted by Crippen LogP contribution is -2.02. The number of carbonyl (C=O) groups is 1. The van der Waals surface area contributed by atoms with E-state index in [0.717, 1.165) is 6.61 Å². The van der Waals surface area contributed by atoms with Crippen LogP contribution in [0.2, 0.25) is 0 Å². The number of methoxy groups -OCH3 is 1. The second kappa shape index (κ2) is 4.39. The van der Waals surface area contributed by atoms with Crippen LogP contribution < -0.4 is 0 Å². The maximum Gasteiger partial charge on any atom is 0.339 e. The van der Waals surface area contributed by atoms with E-state index in [4.69, 9.17) is 5.11 Å². The molecular weight excluding hydrogens is 236 g/mol. The van der Waals surface area contributed by atoms with E-state index in [9.17, 15) is 4.79 Å². The highest BCUT2D eigenvalue weighted by Gasteiger charge is 2.09. The van der Waals surface area contributed by atoms with E-state index in [1.807, 2.05) is 0 Å². The number of ether oxygens (including phenoxy) is 1. The van der Waals surface area contributed by atoms with Crippen LogP contribution in [0.4, 0.5) is 0 Å². The van der Waals surface area contributed by atoms with Crippen LogP contribution in [-0.2, 0) is 4.74 Å². The average molecular weight is 244 g/mol. The molecule has 0 aliphatic heterocycles. The van der Waals surface area contributed by atoms with Crippen LogP contribution in [0.15, 0.2) is 22.7 Å². The summed E-state index contributed by atoms with van der Waals surface area (Å²) in [4.78, 5) is 11.1. The van der Waals surface area contributed by atoms with E-state index in [-0.39, 0.29) is 0 Å². The molecule has 69 valence electrons. The molecule has 0 aliphatic carbocycles. The third kappa shape index (κ3) is 2.29. The van der Waals surface area contributed by atoms with Crippen LogP contribution >= 0.6 is 15.9 Å². The van der Waals surface area contributed by atoms with Crippen molar-refractivity contribution >= 4 is 21.9 Å². The molecule has 0 saturated carbocycles. The monoisotopic (exact) mass is 243 g/mol. The van der Waals surface area contributed by atoms with Gasteiger partial charge in [0.2, 0.25) is 0 Å². The normalized spacial score (nSPS) is 9.77. The van der Waals surface area contributed by atoms with E-state index in [1.165, 1.54) is 7.11 Å². The summed E-state index contributed by atoms with van der Waals surface area (Å²) in [5.41, 5.74) is 1.06. The van der Waals surface area contributed by atoms with Gasteiger partial charge in [0.1, 0.15) is 6.61 Å². The van der Waals surface area contributed by atoms with Crippen molar-refractivity contribution in [2.75, 3.05) is 7.11 Å². The number of rotatable bonds is 2. The predicted octanol–water partition coefficient (Wildman–Crippen LogP) is 2.12. The number of esters is 1. The highest BCUT2D eigenvalue weighted by Crippen LogP contribution is 2.19. The summed E-state index contributed by atoms with van der Waals surface area (Å²) in [5.74, 6) is -0.406. The first-order chi connectivity index (χ1) is 6.19. The predicted molar refractivity (Wildman–Crippen MR) is 50.8 cm³/mol. The fourth-order valence-corrected chi connectivity index (χ4v) is 1.45. The van der Waals surface area contributed by atoms with Gasteiger partial charge in [0.05, 0.1) is 12.7 Å². The highest BCUT2D eigenvalue weighted by atomic mass is 79.9. The maximum absolute atomic E-state index is 11.1. The Balaban J connectivity index is 3.05. The van der Waals surface area contributed by atoms with Crippen molar-refractivity contribution in [3.05, 3.63) is 40.4 Å². The smallest absolute Gasteiger partial charge is 0.339 e. The molecule has 0 bridgehead atoms. The Morgan fingerprint density at radius 1 is 1.62 bits per heavy atom. The lowest BCUT2D eigenvalue weighted by molar-refractivity contribution is 0.0599. The Labute approximate surface area is 84.5 Å². The van der Waals surface area contributed by atoms with Crippen molar-refractivity contribution in [1.29, 1.82) is 0 Å². The van der Waals surface area contributed by atoms with Gasteiger partial charge in [-0.2, -0.15) is 0 Å². The molecule has 1 aromatic rings. The van der Waals surface area contributed by atoms with E-state index in [0.29, 0.717) is 15.6 Å². The first-order valence-corrected chi connectivity index (χ1v) is 4.33. The number of carbonyl (C=O) groups excluding carboxylic acids is 1. The standard InChI is InChI=1S/C9H8BrO3/c1-13-9(12)7-3-2-6(5-11)4-8(7)10/h2-5,11H,1H3. The molecule has 0 heterocycles. The summed E-state index contributed by atoms with van der Waals surface area (Å²) in [5, 5.41) is 8.69. The van der Waals surface area contributed by atoms with Gasteiger partial charge in [0.25, 0.3) is 0 Å². The van der Waals surface area contributed by atoms with Gasteiger partial charge in [-0.05, 0) is 33.6 Å². The van der Waals surface area contributed by atoms with Crippen LogP contribution in [0, 0.1) is 6.61 Å². The van der Waals surface area contributed by atoms with Crippen molar-refractivity contribution in [2.45, 2.75) is 0 Å². The number of hydrogen-bond acceptors (Lipinski definition) is 3. The number of benzene rings is 1. The summed E-state index contributed by atoms with van der Waals surface area (Å²) in [6.07, 6.45) is 0. The van der Waals surface area contributed by atoms with Crippen molar-refractivity contribution < 1.29 is 14.6 Å². The first kappa shape index (κ1) is 10.2. The average Bonchev–Trinajstić information content (AvgIpc) is 2.16. The molecule has 1 radical (unpaired) electrons. The molecule has 0 aliphatic rings. The molecule has 13 heavy (non-hydrogen) atoms.